The minimum Gasteiger partial charge on any atom is -0.358 e. The van der Waals surface area contributed by atoms with E-state index >= 15 is 0 Å². The van der Waals surface area contributed by atoms with E-state index in [-0.39, 0.29) is 18.2 Å². The molecule has 1 radical (unpaired) electrons. The standard InChI is InChI=1S/C25H17F4N2.ClH/c1-31-14-20(17-5-2-3-8-22(17)31)23(15-9-11-16(12-10-15)25(27,28)29)19-13-30-24-18(19)6-4-7-21(24)26;/h2-14,30H,1H3;1H. The van der Waals surface area contributed by atoms with Crippen molar-refractivity contribution in [1.82, 2.24) is 9.55 Å². The molecule has 0 saturated carbocycles. The number of aromatic amines is 1. The number of para-hydroxylation sites is 2. The molecule has 163 valence electrons. The van der Waals surface area contributed by atoms with Crippen molar-refractivity contribution in [3.63, 3.8) is 0 Å². The zero-order valence-corrected chi connectivity index (χ0v) is 17.7. The van der Waals surface area contributed by atoms with Crippen LogP contribution in [0.1, 0.15) is 22.3 Å². The molecule has 0 saturated heterocycles. The monoisotopic (exact) mass is 457 g/mol. The Bertz CT molecular complexity index is 1400. The number of fused-ring (bicyclic) bond motifs is 2. The molecule has 32 heavy (non-hydrogen) atoms. The Hall–Kier alpha value is -3.25. The summed E-state index contributed by atoms with van der Waals surface area (Å²) in [5, 5.41) is 1.63. The van der Waals surface area contributed by atoms with E-state index in [4.69, 9.17) is 0 Å². The molecule has 0 bridgehead atoms. The summed E-state index contributed by atoms with van der Waals surface area (Å²) in [7, 11) is 1.92. The van der Waals surface area contributed by atoms with Gasteiger partial charge in [-0.2, -0.15) is 13.2 Å². The average Bonchev–Trinajstić information content (AvgIpc) is 3.32. The van der Waals surface area contributed by atoms with Crippen molar-refractivity contribution < 1.29 is 17.6 Å². The van der Waals surface area contributed by atoms with Gasteiger partial charge in [0.1, 0.15) is 5.82 Å². The second-order valence-corrected chi connectivity index (χ2v) is 7.49. The second kappa shape index (κ2) is 8.02. The van der Waals surface area contributed by atoms with Crippen LogP contribution < -0.4 is 0 Å². The number of benzene rings is 3. The molecule has 2 heterocycles. The van der Waals surface area contributed by atoms with Crippen LogP contribution in [0.3, 0.4) is 0 Å². The third-order valence-electron chi connectivity index (χ3n) is 5.60. The van der Waals surface area contributed by atoms with Crippen LogP contribution in [0.15, 0.2) is 79.1 Å². The lowest BCUT2D eigenvalue weighted by Gasteiger charge is -2.17. The van der Waals surface area contributed by atoms with Crippen molar-refractivity contribution in [2.45, 2.75) is 6.18 Å². The van der Waals surface area contributed by atoms with Crippen LogP contribution in [0.2, 0.25) is 0 Å². The number of rotatable bonds is 3. The van der Waals surface area contributed by atoms with E-state index in [1.165, 1.54) is 18.2 Å². The maximum atomic E-state index is 14.3. The molecule has 0 aliphatic rings. The Balaban J connectivity index is 0.00000245. The van der Waals surface area contributed by atoms with Gasteiger partial charge in [-0.25, -0.2) is 4.39 Å². The summed E-state index contributed by atoms with van der Waals surface area (Å²) in [5.41, 5.74) is 2.86. The quantitative estimate of drug-likeness (QED) is 0.275. The SMILES string of the molecule is Cl.Cn1cc([C](c2ccc(C(F)(F)F)cc2)c2c[nH]c3c(F)cccc23)c2ccccc21. The van der Waals surface area contributed by atoms with Gasteiger partial charge in [0.05, 0.1) is 17.0 Å². The molecule has 0 atom stereocenters. The molecule has 5 rings (SSSR count). The zero-order chi connectivity index (χ0) is 21.8. The van der Waals surface area contributed by atoms with E-state index in [0.717, 1.165) is 40.1 Å². The molecule has 1 N–H and O–H groups in total. The number of alkyl halides is 3. The van der Waals surface area contributed by atoms with Crippen LogP contribution >= 0.6 is 12.4 Å². The largest absolute Gasteiger partial charge is 0.416 e. The lowest BCUT2D eigenvalue weighted by Crippen LogP contribution is -2.07. The fraction of sp³-hybridized carbons (Fsp3) is 0.0800. The smallest absolute Gasteiger partial charge is 0.358 e. The highest BCUT2D eigenvalue weighted by Crippen LogP contribution is 2.40. The molecular formula is C25H18ClF4N2. The molecule has 2 nitrogen and oxygen atoms in total. The highest BCUT2D eigenvalue weighted by molar-refractivity contribution is 5.93. The lowest BCUT2D eigenvalue weighted by atomic mass is 9.84. The lowest BCUT2D eigenvalue weighted by molar-refractivity contribution is -0.137. The predicted molar refractivity (Wildman–Crippen MR) is 120 cm³/mol. The van der Waals surface area contributed by atoms with Crippen molar-refractivity contribution in [2.75, 3.05) is 0 Å². The van der Waals surface area contributed by atoms with Crippen molar-refractivity contribution >= 4 is 34.2 Å². The van der Waals surface area contributed by atoms with Gasteiger partial charge >= 0.3 is 6.18 Å². The summed E-state index contributed by atoms with van der Waals surface area (Å²) in [6, 6.07) is 17.7. The van der Waals surface area contributed by atoms with Gasteiger partial charge in [-0.1, -0.05) is 42.5 Å². The Labute approximate surface area is 187 Å². The number of H-pyrrole nitrogens is 1. The normalized spacial score (nSPS) is 11.9. The summed E-state index contributed by atoms with van der Waals surface area (Å²) in [6.07, 6.45) is -0.750. The number of nitrogens with one attached hydrogen (secondary N) is 1. The number of hydrogen-bond donors (Lipinski definition) is 1. The maximum absolute atomic E-state index is 14.3. The van der Waals surface area contributed by atoms with E-state index < -0.39 is 11.7 Å². The van der Waals surface area contributed by atoms with Crippen LogP contribution in [-0.4, -0.2) is 9.55 Å². The third-order valence-corrected chi connectivity index (χ3v) is 5.60. The van der Waals surface area contributed by atoms with Gasteiger partial charge in [0.15, 0.2) is 0 Å². The van der Waals surface area contributed by atoms with Crippen molar-refractivity contribution in [3.05, 3.63) is 113 Å². The first kappa shape index (κ1) is 22.0. The summed E-state index contributed by atoms with van der Waals surface area (Å²) < 4.78 is 55.7. The summed E-state index contributed by atoms with van der Waals surface area (Å²) in [4.78, 5) is 2.98. The first-order valence-electron chi connectivity index (χ1n) is 9.69. The van der Waals surface area contributed by atoms with E-state index in [1.807, 2.05) is 42.1 Å². The molecule has 0 aliphatic heterocycles. The zero-order valence-electron chi connectivity index (χ0n) is 16.9. The maximum Gasteiger partial charge on any atom is 0.416 e. The second-order valence-electron chi connectivity index (χ2n) is 7.49. The molecule has 5 aromatic rings. The van der Waals surface area contributed by atoms with Gasteiger partial charge in [-0.05, 0) is 41.0 Å². The van der Waals surface area contributed by atoms with Crippen LogP contribution in [-0.2, 0) is 13.2 Å². The molecule has 7 heteroatoms. The number of hydrogen-bond acceptors (Lipinski definition) is 0. The molecule has 0 fully saturated rings. The first-order valence-corrected chi connectivity index (χ1v) is 9.69. The van der Waals surface area contributed by atoms with Gasteiger partial charge in [0, 0.05) is 35.7 Å². The minimum atomic E-state index is -4.41. The highest BCUT2D eigenvalue weighted by atomic mass is 35.5. The molecule has 2 aromatic heterocycles. The van der Waals surface area contributed by atoms with Gasteiger partial charge in [-0.15, -0.1) is 12.4 Å². The fourth-order valence-corrected chi connectivity index (χ4v) is 4.15. The Morgan fingerprint density at radius 3 is 2.25 bits per heavy atom. The minimum absolute atomic E-state index is 0. The van der Waals surface area contributed by atoms with E-state index in [2.05, 4.69) is 4.98 Å². The van der Waals surface area contributed by atoms with Crippen molar-refractivity contribution in [2.24, 2.45) is 7.05 Å². The Morgan fingerprint density at radius 1 is 0.844 bits per heavy atom. The third kappa shape index (κ3) is 3.54. The first-order chi connectivity index (χ1) is 14.8. The summed E-state index contributed by atoms with van der Waals surface area (Å²) >= 11 is 0. The predicted octanol–water partition coefficient (Wildman–Crippen LogP) is 7.26. The molecule has 0 unspecified atom stereocenters. The Morgan fingerprint density at radius 2 is 1.53 bits per heavy atom. The van der Waals surface area contributed by atoms with Gasteiger partial charge in [0.2, 0.25) is 0 Å². The van der Waals surface area contributed by atoms with Gasteiger partial charge < -0.3 is 9.55 Å². The summed E-state index contributed by atoms with van der Waals surface area (Å²) in [6.45, 7) is 0. The molecule has 0 spiro atoms. The van der Waals surface area contributed by atoms with Crippen LogP contribution in [0, 0.1) is 11.7 Å². The van der Waals surface area contributed by atoms with E-state index in [1.54, 1.807) is 18.3 Å². The number of halogens is 5. The number of aryl methyl sites for hydroxylation is 1. The number of nitrogens with zero attached hydrogens (tertiary/aromatic N) is 1. The molecular weight excluding hydrogens is 440 g/mol. The van der Waals surface area contributed by atoms with Crippen LogP contribution in [0.4, 0.5) is 17.6 Å². The van der Waals surface area contributed by atoms with E-state index in [9.17, 15) is 17.6 Å². The average molecular weight is 458 g/mol. The van der Waals surface area contributed by atoms with Gasteiger partial charge in [-0.3, -0.25) is 0 Å². The van der Waals surface area contributed by atoms with Gasteiger partial charge in [0.25, 0.3) is 0 Å². The van der Waals surface area contributed by atoms with Crippen LogP contribution in [0.25, 0.3) is 21.8 Å². The molecule has 3 aromatic carbocycles. The van der Waals surface area contributed by atoms with Crippen molar-refractivity contribution in [3.8, 4) is 0 Å². The van der Waals surface area contributed by atoms with Crippen LogP contribution in [0.5, 0.6) is 0 Å². The molecule has 0 aliphatic carbocycles. The number of aromatic nitrogens is 2. The fourth-order valence-electron chi connectivity index (χ4n) is 4.15. The topological polar surface area (TPSA) is 20.7 Å². The van der Waals surface area contributed by atoms with E-state index in [0.29, 0.717) is 16.5 Å². The Kier molecular flexibility index (Phi) is 5.51. The molecule has 0 amide bonds. The summed E-state index contributed by atoms with van der Waals surface area (Å²) in [5.74, 6) is 0.357. The van der Waals surface area contributed by atoms with Crippen molar-refractivity contribution in [1.29, 1.82) is 0 Å². The highest BCUT2D eigenvalue weighted by Gasteiger charge is 2.31.